The van der Waals surface area contributed by atoms with E-state index >= 15 is 0 Å². The number of nitrogens with zero attached hydrogens (tertiary/aromatic N) is 1. The third-order valence-corrected chi connectivity index (χ3v) is 2.02. The highest BCUT2D eigenvalue weighted by molar-refractivity contribution is 6.17. The molecule has 0 fully saturated rings. The second-order valence-corrected chi connectivity index (χ2v) is 3.31. The van der Waals surface area contributed by atoms with Crippen molar-refractivity contribution < 1.29 is 4.79 Å². The first-order valence-electron chi connectivity index (χ1n) is 4.54. The average molecular weight is 213 g/mol. The van der Waals surface area contributed by atoms with Crippen molar-refractivity contribution in [3.05, 3.63) is 30.1 Å². The molecule has 0 aliphatic heterocycles. The number of rotatable bonds is 5. The highest BCUT2D eigenvalue weighted by Gasteiger charge is 1.99. The Hall–Kier alpha value is -1.09. The van der Waals surface area contributed by atoms with Gasteiger partial charge in [0.25, 0.3) is 0 Å². The number of pyridine rings is 1. The van der Waals surface area contributed by atoms with Crippen LogP contribution in [0.1, 0.15) is 18.4 Å². The zero-order valence-corrected chi connectivity index (χ0v) is 8.63. The lowest BCUT2D eigenvalue weighted by Gasteiger charge is -2.03. The lowest BCUT2D eigenvalue weighted by atomic mass is 10.2. The van der Waals surface area contributed by atoms with Crippen molar-refractivity contribution in [3.8, 4) is 0 Å². The molecule has 0 radical (unpaired) electrons. The Morgan fingerprint density at radius 2 is 2.43 bits per heavy atom. The van der Waals surface area contributed by atoms with Gasteiger partial charge in [-0.2, -0.15) is 0 Å². The summed E-state index contributed by atoms with van der Waals surface area (Å²) in [5.74, 6) is 0.565. The first-order valence-corrected chi connectivity index (χ1v) is 5.08. The van der Waals surface area contributed by atoms with E-state index in [9.17, 15) is 4.79 Å². The van der Waals surface area contributed by atoms with Crippen LogP contribution in [0, 0.1) is 0 Å². The number of hydrogen-bond donors (Lipinski definition) is 1. The number of amides is 1. The molecule has 3 nitrogen and oxygen atoms in total. The van der Waals surface area contributed by atoms with Crippen LogP contribution in [0.5, 0.6) is 0 Å². The lowest BCUT2D eigenvalue weighted by Crippen LogP contribution is -2.22. The van der Waals surface area contributed by atoms with Crippen LogP contribution in [-0.4, -0.2) is 16.8 Å². The summed E-state index contributed by atoms with van der Waals surface area (Å²) in [6, 6.07) is 3.77. The fraction of sp³-hybridized carbons (Fsp3) is 0.400. The summed E-state index contributed by atoms with van der Waals surface area (Å²) in [5.41, 5.74) is 1.01. The molecule has 76 valence electrons. The number of aromatic nitrogens is 1. The van der Waals surface area contributed by atoms with Crippen molar-refractivity contribution in [2.75, 3.05) is 5.88 Å². The SMILES string of the molecule is O=C(CCCCl)NCc1cccnc1. The summed E-state index contributed by atoms with van der Waals surface area (Å²) < 4.78 is 0. The fourth-order valence-electron chi connectivity index (χ4n) is 1.02. The number of hydrogen-bond acceptors (Lipinski definition) is 2. The minimum absolute atomic E-state index is 0.0366. The van der Waals surface area contributed by atoms with E-state index < -0.39 is 0 Å². The topological polar surface area (TPSA) is 42.0 Å². The average Bonchev–Trinajstić information content (AvgIpc) is 2.25. The maximum absolute atomic E-state index is 11.2. The van der Waals surface area contributed by atoms with Crippen molar-refractivity contribution in [1.29, 1.82) is 0 Å². The second-order valence-electron chi connectivity index (χ2n) is 2.93. The Balaban J connectivity index is 2.24. The normalized spacial score (nSPS) is 9.79. The van der Waals surface area contributed by atoms with Crippen LogP contribution in [0.15, 0.2) is 24.5 Å². The van der Waals surface area contributed by atoms with Crippen molar-refractivity contribution >= 4 is 17.5 Å². The molecule has 1 aromatic rings. The van der Waals surface area contributed by atoms with Gasteiger partial charge in [0.05, 0.1) is 0 Å². The van der Waals surface area contributed by atoms with E-state index in [0.29, 0.717) is 18.8 Å². The molecular weight excluding hydrogens is 200 g/mol. The summed E-state index contributed by atoms with van der Waals surface area (Å²) in [7, 11) is 0. The van der Waals surface area contributed by atoms with E-state index in [1.807, 2.05) is 12.1 Å². The van der Waals surface area contributed by atoms with Gasteiger partial charge in [-0.05, 0) is 18.1 Å². The van der Waals surface area contributed by atoms with Gasteiger partial charge in [-0.3, -0.25) is 9.78 Å². The standard InChI is InChI=1S/C10H13ClN2O/c11-5-1-4-10(14)13-8-9-3-2-6-12-7-9/h2-3,6-7H,1,4-5,8H2,(H,13,14). The van der Waals surface area contributed by atoms with Crippen molar-refractivity contribution in [1.82, 2.24) is 10.3 Å². The van der Waals surface area contributed by atoms with Crippen molar-refractivity contribution in [2.24, 2.45) is 0 Å². The molecule has 0 atom stereocenters. The Bertz CT molecular complexity index is 277. The minimum atomic E-state index is 0.0366. The zero-order chi connectivity index (χ0) is 10.2. The van der Waals surface area contributed by atoms with Gasteiger partial charge in [0.1, 0.15) is 0 Å². The number of alkyl halides is 1. The largest absolute Gasteiger partial charge is 0.352 e. The fourth-order valence-corrected chi connectivity index (χ4v) is 1.15. The molecule has 0 unspecified atom stereocenters. The number of halogens is 1. The van der Waals surface area contributed by atoms with Crippen LogP contribution >= 0.6 is 11.6 Å². The summed E-state index contributed by atoms with van der Waals surface area (Å²) in [6.45, 7) is 0.537. The Morgan fingerprint density at radius 3 is 3.07 bits per heavy atom. The van der Waals surface area contributed by atoms with Gasteiger partial charge in [-0.25, -0.2) is 0 Å². The van der Waals surface area contributed by atoms with Gasteiger partial charge in [-0.15, -0.1) is 11.6 Å². The first-order chi connectivity index (χ1) is 6.83. The highest BCUT2D eigenvalue weighted by Crippen LogP contribution is 1.96. The van der Waals surface area contributed by atoms with Crippen LogP contribution in [0.25, 0.3) is 0 Å². The van der Waals surface area contributed by atoms with E-state index in [4.69, 9.17) is 11.6 Å². The zero-order valence-electron chi connectivity index (χ0n) is 7.87. The molecule has 1 aromatic heterocycles. The van der Waals surface area contributed by atoms with Gasteiger partial charge in [0.2, 0.25) is 5.91 Å². The van der Waals surface area contributed by atoms with Crippen LogP contribution in [0.2, 0.25) is 0 Å². The maximum atomic E-state index is 11.2. The van der Waals surface area contributed by atoms with Gasteiger partial charge in [-0.1, -0.05) is 6.07 Å². The molecule has 14 heavy (non-hydrogen) atoms. The molecule has 1 amide bonds. The van der Waals surface area contributed by atoms with E-state index in [2.05, 4.69) is 10.3 Å². The summed E-state index contributed by atoms with van der Waals surface area (Å²) >= 11 is 5.47. The van der Waals surface area contributed by atoms with E-state index in [0.717, 1.165) is 12.0 Å². The molecule has 1 heterocycles. The molecule has 0 saturated carbocycles. The molecule has 0 saturated heterocycles. The third kappa shape index (κ3) is 4.23. The van der Waals surface area contributed by atoms with Crippen LogP contribution < -0.4 is 5.32 Å². The second kappa shape index (κ2) is 6.38. The Kier molecular flexibility index (Phi) is 5.00. The Labute approximate surface area is 88.5 Å². The van der Waals surface area contributed by atoms with Crippen molar-refractivity contribution in [3.63, 3.8) is 0 Å². The number of carbonyl (C=O) groups is 1. The third-order valence-electron chi connectivity index (χ3n) is 1.75. The van der Waals surface area contributed by atoms with Gasteiger partial charge in [0.15, 0.2) is 0 Å². The summed E-state index contributed by atoms with van der Waals surface area (Å²) in [5, 5.41) is 2.80. The predicted molar refractivity (Wildman–Crippen MR) is 56.0 cm³/mol. The smallest absolute Gasteiger partial charge is 0.220 e. The van der Waals surface area contributed by atoms with Crippen molar-refractivity contribution in [2.45, 2.75) is 19.4 Å². The molecule has 1 rings (SSSR count). The van der Waals surface area contributed by atoms with Crippen LogP contribution in [0.4, 0.5) is 0 Å². The molecule has 0 aromatic carbocycles. The van der Waals surface area contributed by atoms with Gasteiger partial charge in [0, 0.05) is 31.2 Å². The van der Waals surface area contributed by atoms with Crippen LogP contribution in [-0.2, 0) is 11.3 Å². The first kappa shape index (κ1) is 11.0. The van der Waals surface area contributed by atoms with E-state index in [1.54, 1.807) is 12.4 Å². The molecule has 4 heteroatoms. The highest BCUT2D eigenvalue weighted by atomic mass is 35.5. The van der Waals surface area contributed by atoms with Gasteiger partial charge < -0.3 is 5.32 Å². The molecule has 1 N–H and O–H groups in total. The minimum Gasteiger partial charge on any atom is -0.352 e. The quantitative estimate of drug-likeness (QED) is 0.756. The lowest BCUT2D eigenvalue weighted by molar-refractivity contribution is -0.121. The van der Waals surface area contributed by atoms with E-state index in [1.165, 1.54) is 0 Å². The maximum Gasteiger partial charge on any atom is 0.220 e. The van der Waals surface area contributed by atoms with E-state index in [-0.39, 0.29) is 5.91 Å². The molecule has 0 aliphatic carbocycles. The van der Waals surface area contributed by atoms with Gasteiger partial charge >= 0.3 is 0 Å². The molecule has 0 spiro atoms. The summed E-state index contributed by atoms with van der Waals surface area (Å²) in [4.78, 5) is 15.1. The monoisotopic (exact) mass is 212 g/mol. The predicted octanol–water partition coefficient (Wildman–Crippen LogP) is 1.72. The van der Waals surface area contributed by atoms with Crippen LogP contribution in [0.3, 0.4) is 0 Å². The molecular formula is C10H13ClN2O. The molecule has 0 bridgehead atoms. The Morgan fingerprint density at radius 1 is 1.57 bits per heavy atom. The number of carbonyl (C=O) groups excluding carboxylic acids is 1. The number of nitrogens with one attached hydrogen (secondary N) is 1. The molecule has 0 aliphatic rings. The summed E-state index contributed by atoms with van der Waals surface area (Å²) in [6.07, 6.45) is 4.66.